The van der Waals surface area contributed by atoms with Crippen LogP contribution in [-0.4, -0.2) is 36.5 Å². The van der Waals surface area contributed by atoms with Gasteiger partial charge in [-0.3, -0.25) is 4.79 Å². The minimum atomic E-state index is -0.316. The molecule has 0 radical (unpaired) electrons. The van der Waals surface area contributed by atoms with Crippen molar-refractivity contribution in [2.45, 2.75) is 31.7 Å². The average molecular weight is 280 g/mol. The van der Waals surface area contributed by atoms with Crippen LogP contribution in [0.4, 0.5) is 4.39 Å². The van der Waals surface area contributed by atoms with Gasteiger partial charge in [-0.1, -0.05) is 6.07 Å². The number of amides is 1. The third-order valence-electron chi connectivity index (χ3n) is 3.49. The lowest BCUT2D eigenvalue weighted by Crippen LogP contribution is -2.42. The first-order valence-corrected chi connectivity index (χ1v) is 7.07. The molecule has 1 fully saturated rings. The molecule has 0 saturated carbocycles. The van der Waals surface area contributed by atoms with E-state index in [1.165, 1.54) is 12.1 Å². The molecule has 0 spiro atoms. The standard InChI is InChI=1S/C15H21FN2O2/c16-12-3-1-4-14(11-12)20-10-2-5-15(19)18-8-6-13(17)7-9-18/h1,3-4,11,13H,2,5-10,17H2. The van der Waals surface area contributed by atoms with Crippen LogP contribution in [-0.2, 0) is 4.79 Å². The van der Waals surface area contributed by atoms with Crippen LogP contribution >= 0.6 is 0 Å². The van der Waals surface area contributed by atoms with Crippen LogP contribution < -0.4 is 10.5 Å². The Labute approximate surface area is 118 Å². The largest absolute Gasteiger partial charge is 0.493 e. The minimum absolute atomic E-state index is 0.153. The smallest absolute Gasteiger partial charge is 0.222 e. The van der Waals surface area contributed by atoms with E-state index in [9.17, 15) is 9.18 Å². The van der Waals surface area contributed by atoms with Crippen molar-refractivity contribution in [2.24, 2.45) is 5.73 Å². The number of halogens is 1. The topological polar surface area (TPSA) is 55.6 Å². The zero-order valence-electron chi connectivity index (χ0n) is 11.6. The first-order chi connectivity index (χ1) is 9.65. The maximum Gasteiger partial charge on any atom is 0.222 e. The van der Waals surface area contributed by atoms with Crippen molar-refractivity contribution in [3.63, 3.8) is 0 Å². The molecule has 1 aliphatic rings. The number of hydrogen-bond acceptors (Lipinski definition) is 3. The van der Waals surface area contributed by atoms with Crippen LogP contribution in [0.3, 0.4) is 0 Å². The summed E-state index contributed by atoms with van der Waals surface area (Å²) in [5, 5.41) is 0. The predicted molar refractivity (Wildman–Crippen MR) is 74.9 cm³/mol. The van der Waals surface area contributed by atoms with E-state index in [-0.39, 0.29) is 17.8 Å². The highest BCUT2D eigenvalue weighted by Gasteiger charge is 2.19. The van der Waals surface area contributed by atoms with Crippen molar-refractivity contribution in [1.29, 1.82) is 0 Å². The molecule has 1 saturated heterocycles. The molecule has 0 unspecified atom stereocenters. The fourth-order valence-electron chi connectivity index (χ4n) is 2.28. The molecule has 2 rings (SSSR count). The molecule has 1 amide bonds. The zero-order chi connectivity index (χ0) is 14.4. The van der Waals surface area contributed by atoms with Gasteiger partial charge in [0.25, 0.3) is 0 Å². The van der Waals surface area contributed by atoms with Crippen LogP contribution in [0.15, 0.2) is 24.3 Å². The molecular formula is C15H21FN2O2. The first kappa shape index (κ1) is 14.8. The third-order valence-corrected chi connectivity index (χ3v) is 3.49. The Morgan fingerprint density at radius 3 is 2.85 bits per heavy atom. The van der Waals surface area contributed by atoms with E-state index in [2.05, 4.69) is 0 Å². The number of likely N-dealkylation sites (tertiary alicyclic amines) is 1. The molecule has 20 heavy (non-hydrogen) atoms. The van der Waals surface area contributed by atoms with Crippen molar-refractivity contribution in [1.82, 2.24) is 4.90 Å². The highest BCUT2D eigenvalue weighted by Crippen LogP contribution is 2.13. The molecule has 0 atom stereocenters. The van der Waals surface area contributed by atoms with Gasteiger partial charge < -0.3 is 15.4 Å². The second kappa shape index (κ2) is 7.24. The maximum atomic E-state index is 12.9. The summed E-state index contributed by atoms with van der Waals surface area (Å²) in [6.45, 7) is 1.93. The summed E-state index contributed by atoms with van der Waals surface area (Å²) in [5.41, 5.74) is 5.81. The molecule has 1 heterocycles. The normalized spacial score (nSPS) is 16.2. The molecule has 1 aromatic carbocycles. The molecule has 1 aromatic rings. The Kier molecular flexibility index (Phi) is 5.35. The summed E-state index contributed by atoms with van der Waals surface area (Å²) >= 11 is 0. The fourth-order valence-corrected chi connectivity index (χ4v) is 2.28. The van der Waals surface area contributed by atoms with Gasteiger partial charge in [-0.25, -0.2) is 4.39 Å². The summed E-state index contributed by atoms with van der Waals surface area (Å²) in [6.07, 6.45) is 2.86. The number of benzene rings is 1. The number of rotatable bonds is 5. The van der Waals surface area contributed by atoms with Crippen molar-refractivity contribution < 1.29 is 13.9 Å². The lowest BCUT2D eigenvalue weighted by Gasteiger charge is -2.30. The Hall–Kier alpha value is -1.62. The van der Waals surface area contributed by atoms with E-state index in [4.69, 9.17) is 10.5 Å². The second-order valence-corrected chi connectivity index (χ2v) is 5.13. The summed E-state index contributed by atoms with van der Waals surface area (Å²) in [4.78, 5) is 13.8. The number of nitrogens with zero attached hydrogens (tertiary/aromatic N) is 1. The highest BCUT2D eigenvalue weighted by molar-refractivity contribution is 5.76. The molecule has 1 aliphatic heterocycles. The zero-order valence-corrected chi connectivity index (χ0v) is 11.6. The van der Waals surface area contributed by atoms with E-state index in [0.29, 0.717) is 25.2 Å². The Morgan fingerprint density at radius 1 is 1.40 bits per heavy atom. The summed E-state index contributed by atoms with van der Waals surface area (Å²) in [5.74, 6) is 0.337. The Morgan fingerprint density at radius 2 is 2.15 bits per heavy atom. The molecule has 4 nitrogen and oxygen atoms in total. The van der Waals surface area contributed by atoms with Crippen LogP contribution in [0.5, 0.6) is 5.75 Å². The molecule has 5 heteroatoms. The van der Waals surface area contributed by atoms with E-state index < -0.39 is 0 Å². The lowest BCUT2D eigenvalue weighted by molar-refractivity contribution is -0.132. The monoisotopic (exact) mass is 280 g/mol. The van der Waals surface area contributed by atoms with Crippen LogP contribution in [0.2, 0.25) is 0 Å². The molecule has 0 aromatic heterocycles. The predicted octanol–water partition coefficient (Wildman–Crippen LogP) is 1.93. The van der Waals surface area contributed by atoms with Crippen molar-refractivity contribution in [3.8, 4) is 5.75 Å². The van der Waals surface area contributed by atoms with Gasteiger partial charge in [-0.05, 0) is 31.4 Å². The number of piperidine rings is 1. The summed E-state index contributed by atoms with van der Waals surface area (Å²) in [7, 11) is 0. The second-order valence-electron chi connectivity index (χ2n) is 5.13. The third kappa shape index (κ3) is 4.49. The van der Waals surface area contributed by atoms with Gasteiger partial charge in [0.1, 0.15) is 11.6 Å². The molecule has 110 valence electrons. The number of carbonyl (C=O) groups excluding carboxylic acids is 1. The number of hydrogen-bond donors (Lipinski definition) is 1. The molecule has 2 N–H and O–H groups in total. The minimum Gasteiger partial charge on any atom is -0.493 e. The van der Waals surface area contributed by atoms with Crippen molar-refractivity contribution in [3.05, 3.63) is 30.1 Å². The van der Waals surface area contributed by atoms with E-state index in [1.807, 2.05) is 4.90 Å². The van der Waals surface area contributed by atoms with E-state index >= 15 is 0 Å². The van der Waals surface area contributed by atoms with Gasteiger partial charge in [0.05, 0.1) is 6.61 Å². The quantitative estimate of drug-likeness (QED) is 0.839. The van der Waals surface area contributed by atoms with Gasteiger partial charge in [0.15, 0.2) is 0 Å². The van der Waals surface area contributed by atoms with Gasteiger partial charge in [0.2, 0.25) is 5.91 Å². The van der Waals surface area contributed by atoms with E-state index in [1.54, 1.807) is 12.1 Å². The van der Waals surface area contributed by atoms with Gasteiger partial charge >= 0.3 is 0 Å². The van der Waals surface area contributed by atoms with E-state index in [0.717, 1.165) is 25.9 Å². The Balaban J connectivity index is 1.64. The Bertz CT molecular complexity index is 445. The average Bonchev–Trinajstić information content (AvgIpc) is 2.44. The molecule has 0 bridgehead atoms. The molecular weight excluding hydrogens is 259 g/mol. The van der Waals surface area contributed by atoms with Crippen LogP contribution in [0.25, 0.3) is 0 Å². The van der Waals surface area contributed by atoms with Gasteiger partial charge in [0, 0.05) is 31.6 Å². The van der Waals surface area contributed by atoms with Crippen LogP contribution in [0, 0.1) is 5.82 Å². The van der Waals surface area contributed by atoms with Crippen molar-refractivity contribution in [2.75, 3.05) is 19.7 Å². The number of ether oxygens (including phenoxy) is 1. The number of nitrogens with two attached hydrogens (primary N) is 1. The summed E-state index contributed by atoms with van der Waals surface area (Å²) in [6, 6.07) is 6.25. The first-order valence-electron chi connectivity index (χ1n) is 7.07. The maximum absolute atomic E-state index is 12.9. The summed E-state index contributed by atoms with van der Waals surface area (Å²) < 4.78 is 18.3. The lowest BCUT2D eigenvalue weighted by atomic mass is 10.1. The van der Waals surface area contributed by atoms with Crippen LogP contribution in [0.1, 0.15) is 25.7 Å². The SMILES string of the molecule is NC1CCN(C(=O)CCCOc2cccc(F)c2)CC1. The van der Waals surface area contributed by atoms with Crippen molar-refractivity contribution >= 4 is 5.91 Å². The highest BCUT2D eigenvalue weighted by atomic mass is 19.1. The molecule has 0 aliphatic carbocycles. The van der Waals surface area contributed by atoms with Gasteiger partial charge in [-0.15, -0.1) is 0 Å². The fraction of sp³-hybridized carbons (Fsp3) is 0.533. The van der Waals surface area contributed by atoms with Gasteiger partial charge in [-0.2, -0.15) is 0 Å². The number of carbonyl (C=O) groups is 1.